The maximum atomic E-state index is 11.9. The molecule has 0 spiro atoms. The van der Waals surface area contributed by atoms with Gasteiger partial charge in [-0.3, -0.25) is 9.78 Å². The van der Waals surface area contributed by atoms with E-state index in [-0.39, 0.29) is 5.56 Å². The lowest BCUT2D eigenvalue weighted by molar-refractivity contribution is 0.482. The van der Waals surface area contributed by atoms with Crippen molar-refractivity contribution in [1.29, 1.82) is 0 Å². The summed E-state index contributed by atoms with van der Waals surface area (Å²) in [5, 5.41) is 0. The average Bonchev–Trinajstić information content (AvgIpc) is 2.52. The lowest BCUT2D eigenvalue weighted by Crippen LogP contribution is -2.27. The van der Waals surface area contributed by atoms with Crippen LogP contribution in [0.3, 0.4) is 0 Å². The van der Waals surface area contributed by atoms with Gasteiger partial charge in [-0.15, -0.1) is 0 Å². The summed E-state index contributed by atoms with van der Waals surface area (Å²) < 4.78 is 5.79. The second-order valence-corrected chi connectivity index (χ2v) is 5.25. The second kappa shape index (κ2) is 6.36. The lowest BCUT2D eigenvalue weighted by atomic mass is 10.0. The predicted octanol–water partition coefficient (Wildman–Crippen LogP) is 2.75. The first-order valence-corrected chi connectivity index (χ1v) is 7.26. The van der Waals surface area contributed by atoms with Gasteiger partial charge in [0.05, 0.1) is 0 Å². The highest BCUT2D eigenvalue weighted by Gasteiger charge is 2.08. The number of aromatic nitrogens is 2. The standard InChI is InChI=1S/C18H16N2O3/c1-12-16(17(21)20-18(22)19-12)11-13-6-5-9-15(10-13)23-14-7-3-2-4-8-14/h2-10H,11H2,1H3,(H2,19,20,21,22). The molecule has 0 amide bonds. The van der Waals surface area contributed by atoms with Crippen molar-refractivity contribution in [2.45, 2.75) is 13.3 Å². The minimum absolute atomic E-state index is 0.361. The Labute approximate surface area is 132 Å². The summed E-state index contributed by atoms with van der Waals surface area (Å²) in [5.74, 6) is 1.45. The van der Waals surface area contributed by atoms with E-state index in [1.165, 1.54) is 0 Å². The molecule has 0 aliphatic heterocycles. The Kier molecular flexibility index (Phi) is 4.10. The van der Waals surface area contributed by atoms with Crippen LogP contribution in [0.5, 0.6) is 11.5 Å². The van der Waals surface area contributed by atoms with Crippen LogP contribution in [-0.2, 0) is 6.42 Å². The quantitative estimate of drug-likeness (QED) is 0.778. The van der Waals surface area contributed by atoms with Crippen LogP contribution in [0.2, 0.25) is 0 Å². The first-order chi connectivity index (χ1) is 11.1. The highest BCUT2D eigenvalue weighted by Crippen LogP contribution is 2.22. The van der Waals surface area contributed by atoms with Gasteiger partial charge in [0.1, 0.15) is 11.5 Å². The van der Waals surface area contributed by atoms with Gasteiger partial charge >= 0.3 is 5.69 Å². The van der Waals surface area contributed by atoms with Gasteiger partial charge in [-0.25, -0.2) is 4.79 Å². The molecule has 1 aromatic heterocycles. The van der Waals surface area contributed by atoms with Crippen LogP contribution in [0.4, 0.5) is 0 Å². The van der Waals surface area contributed by atoms with E-state index in [0.717, 1.165) is 11.3 Å². The van der Waals surface area contributed by atoms with E-state index in [4.69, 9.17) is 4.74 Å². The normalized spacial score (nSPS) is 10.5. The molecule has 5 nitrogen and oxygen atoms in total. The molecule has 3 rings (SSSR count). The SMILES string of the molecule is Cc1[nH]c(=O)[nH]c(=O)c1Cc1cccc(Oc2ccccc2)c1. The molecular formula is C18H16N2O3. The number of H-pyrrole nitrogens is 2. The van der Waals surface area contributed by atoms with E-state index in [1.54, 1.807) is 6.92 Å². The molecule has 23 heavy (non-hydrogen) atoms. The van der Waals surface area contributed by atoms with Crippen LogP contribution in [0.1, 0.15) is 16.8 Å². The maximum absolute atomic E-state index is 11.9. The summed E-state index contributed by atoms with van der Waals surface area (Å²) in [4.78, 5) is 28.0. The van der Waals surface area contributed by atoms with Gasteiger partial charge in [-0.1, -0.05) is 30.3 Å². The molecule has 3 aromatic rings. The van der Waals surface area contributed by atoms with Crippen molar-refractivity contribution >= 4 is 0 Å². The summed E-state index contributed by atoms with van der Waals surface area (Å²) in [6.45, 7) is 1.72. The lowest BCUT2D eigenvalue weighted by Gasteiger charge is -2.08. The van der Waals surface area contributed by atoms with Crippen LogP contribution in [0, 0.1) is 6.92 Å². The first kappa shape index (κ1) is 14.8. The highest BCUT2D eigenvalue weighted by atomic mass is 16.5. The molecule has 0 aliphatic rings. The van der Waals surface area contributed by atoms with Crippen molar-refractivity contribution in [3.63, 3.8) is 0 Å². The zero-order valence-electron chi connectivity index (χ0n) is 12.6. The van der Waals surface area contributed by atoms with Gasteiger partial charge in [-0.05, 0) is 36.8 Å². The number of benzene rings is 2. The summed E-state index contributed by atoms with van der Waals surface area (Å²) >= 11 is 0. The first-order valence-electron chi connectivity index (χ1n) is 7.26. The monoisotopic (exact) mass is 308 g/mol. The van der Waals surface area contributed by atoms with Crippen molar-refractivity contribution < 1.29 is 4.74 Å². The third-order valence-electron chi connectivity index (χ3n) is 3.51. The average molecular weight is 308 g/mol. The molecule has 0 saturated carbocycles. The number of ether oxygens (including phenoxy) is 1. The third-order valence-corrected chi connectivity index (χ3v) is 3.51. The number of aryl methyl sites for hydroxylation is 1. The van der Waals surface area contributed by atoms with Crippen molar-refractivity contribution in [1.82, 2.24) is 9.97 Å². The van der Waals surface area contributed by atoms with E-state index < -0.39 is 5.69 Å². The highest BCUT2D eigenvalue weighted by molar-refractivity contribution is 5.36. The zero-order chi connectivity index (χ0) is 16.2. The summed E-state index contributed by atoms with van der Waals surface area (Å²) in [5.41, 5.74) is 1.20. The van der Waals surface area contributed by atoms with Crippen LogP contribution in [0.25, 0.3) is 0 Å². The second-order valence-electron chi connectivity index (χ2n) is 5.25. The fourth-order valence-electron chi connectivity index (χ4n) is 2.39. The van der Waals surface area contributed by atoms with E-state index in [2.05, 4.69) is 9.97 Å². The maximum Gasteiger partial charge on any atom is 0.325 e. The molecule has 0 bridgehead atoms. The van der Waals surface area contributed by atoms with Crippen LogP contribution < -0.4 is 16.0 Å². The number of aromatic amines is 2. The molecule has 2 aromatic carbocycles. The van der Waals surface area contributed by atoms with Gasteiger partial charge in [0, 0.05) is 17.7 Å². The molecule has 1 heterocycles. The summed E-state index contributed by atoms with van der Waals surface area (Å²) in [6.07, 6.45) is 0.421. The largest absolute Gasteiger partial charge is 0.457 e. The van der Waals surface area contributed by atoms with Crippen LogP contribution >= 0.6 is 0 Å². The number of hydrogen-bond acceptors (Lipinski definition) is 3. The zero-order valence-corrected chi connectivity index (χ0v) is 12.6. The van der Waals surface area contributed by atoms with Crippen molar-refractivity contribution in [3.8, 4) is 11.5 Å². The van der Waals surface area contributed by atoms with Crippen molar-refractivity contribution in [2.24, 2.45) is 0 Å². The number of para-hydroxylation sites is 1. The Morgan fingerprint density at radius 3 is 2.39 bits per heavy atom. The van der Waals surface area contributed by atoms with E-state index >= 15 is 0 Å². The third kappa shape index (κ3) is 3.58. The fourth-order valence-corrected chi connectivity index (χ4v) is 2.39. The van der Waals surface area contributed by atoms with Crippen molar-refractivity contribution in [2.75, 3.05) is 0 Å². The van der Waals surface area contributed by atoms with Crippen molar-refractivity contribution in [3.05, 3.63) is 92.3 Å². The van der Waals surface area contributed by atoms with Gasteiger partial charge < -0.3 is 9.72 Å². The molecular weight excluding hydrogens is 292 g/mol. The number of hydrogen-bond donors (Lipinski definition) is 2. The van der Waals surface area contributed by atoms with Gasteiger partial charge in [-0.2, -0.15) is 0 Å². The van der Waals surface area contributed by atoms with Gasteiger partial charge in [0.15, 0.2) is 0 Å². The molecule has 0 radical (unpaired) electrons. The van der Waals surface area contributed by atoms with Crippen LogP contribution in [0.15, 0.2) is 64.2 Å². The van der Waals surface area contributed by atoms with E-state index in [1.807, 2.05) is 54.6 Å². The molecule has 0 aliphatic carbocycles. The molecule has 0 atom stereocenters. The molecule has 2 N–H and O–H groups in total. The predicted molar refractivity (Wildman–Crippen MR) is 88.2 cm³/mol. The van der Waals surface area contributed by atoms with E-state index in [9.17, 15) is 9.59 Å². The Morgan fingerprint density at radius 1 is 0.913 bits per heavy atom. The Morgan fingerprint density at radius 2 is 1.65 bits per heavy atom. The Bertz CT molecular complexity index is 927. The van der Waals surface area contributed by atoms with E-state index in [0.29, 0.717) is 23.4 Å². The van der Waals surface area contributed by atoms with Gasteiger partial charge in [0.2, 0.25) is 0 Å². The number of rotatable bonds is 4. The van der Waals surface area contributed by atoms with Gasteiger partial charge in [0.25, 0.3) is 5.56 Å². The summed E-state index contributed by atoms with van der Waals surface area (Å²) in [6, 6.07) is 17.0. The van der Waals surface area contributed by atoms with Crippen LogP contribution in [-0.4, -0.2) is 9.97 Å². The Balaban J connectivity index is 1.86. The Hall–Kier alpha value is -3.08. The minimum Gasteiger partial charge on any atom is -0.457 e. The molecule has 5 heteroatoms. The molecule has 116 valence electrons. The molecule has 0 fully saturated rings. The number of nitrogens with one attached hydrogen (secondary N) is 2. The smallest absolute Gasteiger partial charge is 0.325 e. The summed E-state index contributed by atoms with van der Waals surface area (Å²) in [7, 11) is 0. The topological polar surface area (TPSA) is 75.0 Å². The fraction of sp³-hybridized carbons (Fsp3) is 0.111. The minimum atomic E-state index is -0.489. The molecule has 0 saturated heterocycles. The molecule has 0 unspecified atom stereocenters.